The van der Waals surface area contributed by atoms with Gasteiger partial charge in [0.15, 0.2) is 17.5 Å². The molecular formula is C45H29N5. The van der Waals surface area contributed by atoms with Gasteiger partial charge in [-0.15, -0.1) is 0 Å². The van der Waals surface area contributed by atoms with Crippen molar-refractivity contribution in [1.82, 2.24) is 24.1 Å². The molecule has 0 unspecified atom stereocenters. The molecule has 10 aromatic rings. The van der Waals surface area contributed by atoms with E-state index in [1.54, 1.807) is 0 Å². The second-order valence-corrected chi connectivity index (χ2v) is 12.5. The topological polar surface area (TPSA) is 48.5 Å². The molecular weight excluding hydrogens is 611 g/mol. The van der Waals surface area contributed by atoms with E-state index in [1.807, 2.05) is 36.4 Å². The average molecular weight is 640 g/mol. The van der Waals surface area contributed by atoms with Crippen LogP contribution in [0.4, 0.5) is 0 Å². The highest BCUT2D eigenvalue weighted by molar-refractivity contribution is 6.13. The standard InChI is InChI=1S/C45H29N5/c1-4-16-30(17-5-1)43-46-44(31-18-6-2-7-19-31)48-45(47-43)37-28-36-35-24-12-13-25-38(35)49(32-20-8-3-9-21-32)41(36)29-42(37)50-39-26-14-10-22-33(39)34-23-11-15-27-40(34)50/h1-29H. The maximum absolute atomic E-state index is 5.24. The van der Waals surface area contributed by atoms with Crippen molar-refractivity contribution in [3.05, 3.63) is 176 Å². The highest BCUT2D eigenvalue weighted by Gasteiger charge is 2.23. The molecule has 5 nitrogen and oxygen atoms in total. The number of hydrogen-bond acceptors (Lipinski definition) is 3. The lowest BCUT2D eigenvalue weighted by Gasteiger charge is -2.16. The Hall–Kier alpha value is -6.85. The van der Waals surface area contributed by atoms with Crippen LogP contribution in [0.2, 0.25) is 0 Å². The number of fused-ring (bicyclic) bond motifs is 6. The van der Waals surface area contributed by atoms with Crippen LogP contribution < -0.4 is 0 Å². The third-order valence-electron chi connectivity index (χ3n) is 9.57. The monoisotopic (exact) mass is 639 g/mol. The van der Waals surface area contributed by atoms with Gasteiger partial charge in [-0.1, -0.05) is 133 Å². The maximum atomic E-state index is 5.24. The van der Waals surface area contributed by atoms with Gasteiger partial charge < -0.3 is 9.13 Å². The summed E-state index contributed by atoms with van der Waals surface area (Å²) >= 11 is 0. The van der Waals surface area contributed by atoms with Crippen molar-refractivity contribution >= 4 is 43.6 Å². The molecule has 5 heteroatoms. The van der Waals surface area contributed by atoms with Gasteiger partial charge >= 0.3 is 0 Å². The molecule has 0 aliphatic carbocycles. The van der Waals surface area contributed by atoms with Crippen molar-refractivity contribution in [3.8, 4) is 45.5 Å². The Balaban J connectivity index is 1.37. The Bertz CT molecular complexity index is 2740. The number of hydrogen-bond donors (Lipinski definition) is 0. The lowest BCUT2D eigenvalue weighted by atomic mass is 10.1. The zero-order valence-electron chi connectivity index (χ0n) is 27.0. The van der Waals surface area contributed by atoms with Gasteiger partial charge in [-0.3, -0.25) is 0 Å². The van der Waals surface area contributed by atoms with Crippen molar-refractivity contribution < 1.29 is 0 Å². The fourth-order valence-corrected chi connectivity index (χ4v) is 7.33. The predicted molar refractivity (Wildman–Crippen MR) is 205 cm³/mol. The second-order valence-electron chi connectivity index (χ2n) is 12.5. The van der Waals surface area contributed by atoms with Crippen LogP contribution in [0.15, 0.2) is 176 Å². The van der Waals surface area contributed by atoms with E-state index < -0.39 is 0 Å². The van der Waals surface area contributed by atoms with Gasteiger partial charge in [-0.05, 0) is 42.5 Å². The number of benzene rings is 7. The molecule has 0 spiro atoms. The molecule has 3 heterocycles. The van der Waals surface area contributed by atoms with Crippen molar-refractivity contribution in [2.45, 2.75) is 0 Å². The number of aromatic nitrogens is 5. The number of para-hydroxylation sites is 4. The lowest BCUT2D eigenvalue weighted by Crippen LogP contribution is -2.04. The van der Waals surface area contributed by atoms with Gasteiger partial charge in [0.2, 0.25) is 0 Å². The first-order chi connectivity index (χ1) is 24.8. The first-order valence-corrected chi connectivity index (χ1v) is 16.8. The fraction of sp³-hybridized carbons (Fsp3) is 0. The summed E-state index contributed by atoms with van der Waals surface area (Å²) in [7, 11) is 0. The first kappa shape index (κ1) is 28.2. The van der Waals surface area contributed by atoms with E-state index in [4.69, 9.17) is 15.0 Å². The minimum atomic E-state index is 0.619. The summed E-state index contributed by atoms with van der Waals surface area (Å²) in [5, 5.41) is 4.69. The van der Waals surface area contributed by atoms with Crippen molar-refractivity contribution in [2.24, 2.45) is 0 Å². The quantitative estimate of drug-likeness (QED) is 0.188. The Labute approximate surface area is 288 Å². The molecule has 0 saturated carbocycles. The maximum Gasteiger partial charge on any atom is 0.166 e. The van der Waals surface area contributed by atoms with Crippen LogP contribution in [0.1, 0.15) is 0 Å². The number of nitrogens with zero attached hydrogens (tertiary/aromatic N) is 5. The van der Waals surface area contributed by atoms with Crippen LogP contribution >= 0.6 is 0 Å². The fourth-order valence-electron chi connectivity index (χ4n) is 7.33. The second kappa shape index (κ2) is 11.4. The van der Waals surface area contributed by atoms with Crippen LogP contribution in [0, 0.1) is 0 Å². The van der Waals surface area contributed by atoms with Crippen LogP contribution in [-0.2, 0) is 0 Å². The van der Waals surface area contributed by atoms with Crippen LogP contribution in [0.25, 0.3) is 89.2 Å². The smallest absolute Gasteiger partial charge is 0.166 e. The normalized spacial score (nSPS) is 11.6. The van der Waals surface area contributed by atoms with Crippen LogP contribution in [0.3, 0.4) is 0 Å². The molecule has 0 atom stereocenters. The molecule has 0 aliphatic rings. The molecule has 0 saturated heterocycles. The average Bonchev–Trinajstić information content (AvgIpc) is 3.70. The molecule has 0 amide bonds. The highest BCUT2D eigenvalue weighted by atomic mass is 15.1. The summed E-state index contributed by atoms with van der Waals surface area (Å²) in [5.41, 5.74) is 9.41. The van der Waals surface area contributed by atoms with Gasteiger partial charge in [0.25, 0.3) is 0 Å². The molecule has 0 N–H and O–H groups in total. The van der Waals surface area contributed by atoms with E-state index in [-0.39, 0.29) is 0 Å². The van der Waals surface area contributed by atoms with E-state index in [2.05, 4.69) is 149 Å². The summed E-state index contributed by atoms with van der Waals surface area (Å²) in [5.74, 6) is 1.89. The van der Waals surface area contributed by atoms with Gasteiger partial charge in [0.05, 0.1) is 27.8 Å². The minimum Gasteiger partial charge on any atom is -0.309 e. The molecule has 0 bridgehead atoms. The summed E-state index contributed by atoms with van der Waals surface area (Å²) in [6, 6.07) is 61.4. The minimum absolute atomic E-state index is 0.619. The summed E-state index contributed by atoms with van der Waals surface area (Å²) in [6.07, 6.45) is 0. The molecule has 7 aromatic carbocycles. The van der Waals surface area contributed by atoms with E-state index >= 15 is 0 Å². The first-order valence-electron chi connectivity index (χ1n) is 16.8. The Kier molecular flexibility index (Phi) is 6.42. The van der Waals surface area contributed by atoms with E-state index in [0.29, 0.717) is 17.5 Å². The van der Waals surface area contributed by atoms with Gasteiger partial charge in [-0.25, -0.2) is 15.0 Å². The van der Waals surface area contributed by atoms with Crippen LogP contribution in [0.5, 0.6) is 0 Å². The zero-order valence-corrected chi connectivity index (χ0v) is 27.0. The Morgan fingerprint density at radius 1 is 0.320 bits per heavy atom. The Morgan fingerprint density at radius 3 is 1.28 bits per heavy atom. The Morgan fingerprint density at radius 2 is 0.740 bits per heavy atom. The summed E-state index contributed by atoms with van der Waals surface area (Å²) in [6.45, 7) is 0. The van der Waals surface area contributed by atoms with Crippen LogP contribution in [-0.4, -0.2) is 24.1 Å². The van der Waals surface area contributed by atoms with Gasteiger partial charge in [-0.2, -0.15) is 0 Å². The molecule has 0 fully saturated rings. The molecule has 234 valence electrons. The molecule has 0 aliphatic heterocycles. The molecule has 10 rings (SSSR count). The molecule has 0 radical (unpaired) electrons. The SMILES string of the molecule is c1ccc(-c2nc(-c3ccccc3)nc(-c3cc4c5ccccc5n(-c5ccccc5)c4cc3-n3c4ccccc4c4ccccc43)n2)cc1. The summed E-state index contributed by atoms with van der Waals surface area (Å²) < 4.78 is 4.74. The van der Waals surface area contributed by atoms with Crippen molar-refractivity contribution in [1.29, 1.82) is 0 Å². The lowest BCUT2D eigenvalue weighted by molar-refractivity contribution is 1.06. The highest BCUT2D eigenvalue weighted by Crippen LogP contribution is 2.41. The largest absolute Gasteiger partial charge is 0.309 e. The third-order valence-corrected chi connectivity index (χ3v) is 9.57. The van der Waals surface area contributed by atoms with Crippen molar-refractivity contribution in [2.75, 3.05) is 0 Å². The van der Waals surface area contributed by atoms with E-state index in [1.165, 1.54) is 16.2 Å². The zero-order chi connectivity index (χ0) is 33.0. The van der Waals surface area contributed by atoms with E-state index in [9.17, 15) is 0 Å². The van der Waals surface area contributed by atoms with Crippen molar-refractivity contribution in [3.63, 3.8) is 0 Å². The molecule has 3 aromatic heterocycles. The third kappa shape index (κ3) is 4.45. The van der Waals surface area contributed by atoms with Gasteiger partial charge in [0.1, 0.15) is 0 Å². The summed E-state index contributed by atoms with van der Waals surface area (Å²) in [4.78, 5) is 15.5. The van der Waals surface area contributed by atoms with Gasteiger partial charge in [0, 0.05) is 43.9 Å². The molecule has 50 heavy (non-hydrogen) atoms. The predicted octanol–water partition coefficient (Wildman–Crippen LogP) is 11.1. The van der Waals surface area contributed by atoms with E-state index in [0.717, 1.165) is 55.5 Å². The number of rotatable bonds is 5.